The van der Waals surface area contributed by atoms with Crippen molar-refractivity contribution in [2.45, 2.75) is 72.2 Å². The van der Waals surface area contributed by atoms with Gasteiger partial charge in [0, 0.05) is 18.2 Å². The van der Waals surface area contributed by atoms with Gasteiger partial charge in [-0.15, -0.1) is 0 Å². The van der Waals surface area contributed by atoms with Crippen LogP contribution in [-0.2, 0) is 30.1 Å². The summed E-state index contributed by atoms with van der Waals surface area (Å²) in [5.74, 6) is -0.921. The zero-order valence-corrected chi connectivity index (χ0v) is 19.9. The lowest BCUT2D eigenvalue weighted by atomic mass is 9.76. The molecular formula is C25H32BNO5. The van der Waals surface area contributed by atoms with Crippen molar-refractivity contribution in [2.75, 3.05) is 5.32 Å². The van der Waals surface area contributed by atoms with Crippen LogP contribution in [0.1, 0.15) is 64.3 Å². The summed E-state index contributed by atoms with van der Waals surface area (Å²) in [6, 6.07) is 13.1. The fourth-order valence-electron chi connectivity index (χ4n) is 3.61. The molecule has 2 aromatic rings. The minimum atomic E-state index is -1.03. The second-order valence-corrected chi connectivity index (χ2v) is 9.24. The topological polar surface area (TPSA) is 73.9 Å². The van der Waals surface area contributed by atoms with Gasteiger partial charge in [-0.1, -0.05) is 37.3 Å². The van der Waals surface area contributed by atoms with Gasteiger partial charge in [0.25, 0.3) is 5.91 Å². The summed E-state index contributed by atoms with van der Waals surface area (Å²) in [7, 11) is -0.477. The minimum Gasteiger partial charge on any atom is -0.447 e. The van der Waals surface area contributed by atoms with Crippen molar-refractivity contribution < 1.29 is 23.6 Å². The number of hydrogen-bond acceptors (Lipinski definition) is 5. The smallest absolute Gasteiger partial charge is 0.447 e. The molecule has 1 aliphatic rings. The molecule has 7 heteroatoms. The van der Waals surface area contributed by atoms with E-state index in [-0.39, 0.29) is 0 Å². The fourth-order valence-corrected chi connectivity index (χ4v) is 3.61. The number of anilines is 1. The highest BCUT2D eigenvalue weighted by atomic mass is 16.7. The van der Waals surface area contributed by atoms with Crippen LogP contribution in [0.5, 0.6) is 0 Å². The second kappa shape index (κ2) is 9.08. The third-order valence-electron chi connectivity index (χ3n) is 6.23. The highest BCUT2D eigenvalue weighted by molar-refractivity contribution is 6.62. The van der Waals surface area contributed by atoms with Crippen LogP contribution in [0.25, 0.3) is 0 Å². The molecule has 1 amide bonds. The van der Waals surface area contributed by atoms with Crippen LogP contribution >= 0.6 is 0 Å². The summed E-state index contributed by atoms with van der Waals surface area (Å²) in [5.41, 5.74) is 3.30. The van der Waals surface area contributed by atoms with Gasteiger partial charge in [0.05, 0.1) is 11.2 Å². The molecule has 0 saturated carbocycles. The lowest BCUT2D eigenvalue weighted by Crippen LogP contribution is -2.41. The Balaban J connectivity index is 1.80. The number of carbonyl (C=O) groups is 2. The van der Waals surface area contributed by atoms with Crippen molar-refractivity contribution in [3.63, 3.8) is 0 Å². The molecule has 0 spiro atoms. The zero-order valence-electron chi connectivity index (χ0n) is 19.9. The quantitative estimate of drug-likeness (QED) is 0.544. The maximum Gasteiger partial charge on any atom is 0.495 e. The number of amides is 1. The fraction of sp³-hybridized carbons (Fsp3) is 0.440. The number of carbonyl (C=O) groups excluding carboxylic acids is 2. The highest BCUT2D eigenvalue weighted by Crippen LogP contribution is 2.36. The van der Waals surface area contributed by atoms with Gasteiger partial charge >= 0.3 is 13.1 Å². The van der Waals surface area contributed by atoms with E-state index in [1.165, 1.54) is 6.92 Å². The van der Waals surface area contributed by atoms with Crippen molar-refractivity contribution in [2.24, 2.45) is 0 Å². The Labute approximate surface area is 190 Å². The van der Waals surface area contributed by atoms with E-state index in [1.54, 1.807) is 12.1 Å². The molecule has 0 bridgehead atoms. The van der Waals surface area contributed by atoms with Crippen LogP contribution in [0.3, 0.4) is 0 Å². The third-order valence-corrected chi connectivity index (χ3v) is 6.23. The summed E-state index contributed by atoms with van der Waals surface area (Å²) in [6.45, 7) is 13.3. The van der Waals surface area contributed by atoms with Crippen molar-refractivity contribution in [1.82, 2.24) is 0 Å². The Bertz CT molecular complexity index is 1000. The van der Waals surface area contributed by atoms with E-state index in [2.05, 4.69) is 5.32 Å². The van der Waals surface area contributed by atoms with Crippen LogP contribution in [0, 0.1) is 6.92 Å². The van der Waals surface area contributed by atoms with Gasteiger partial charge in [-0.25, -0.2) is 0 Å². The van der Waals surface area contributed by atoms with Gasteiger partial charge in [-0.3, -0.25) is 9.59 Å². The van der Waals surface area contributed by atoms with E-state index >= 15 is 0 Å². The van der Waals surface area contributed by atoms with Crippen LogP contribution in [0.15, 0.2) is 42.5 Å². The van der Waals surface area contributed by atoms with Gasteiger partial charge in [0.1, 0.15) is 0 Å². The zero-order chi connectivity index (χ0) is 23.7. The average molecular weight is 437 g/mol. The molecule has 32 heavy (non-hydrogen) atoms. The Morgan fingerprint density at radius 3 is 2.28 bits per heavy atom. The molecule has 3 rings (SSSR count). The van der Waals surface area contributed by atoms with Gasteiger partial charge in [0.2, 0.25) is 6.10 Å². The maximum atomic E-state index is 13.0. The van der Waals surface area contributed by atoms with E-state index in [1.807, 2.05) is 71.9 Å². The van der Waals surface area contributed by atoms with E-state index < -0.39 is 36.3 Å². The first-order chi connectivity index (χ1) is 14.9. The van der Waals surface area contributed by atoms with Gasteiger partial charge in [0.15, 0.2) is 0 Å². The Hall–Kier alpha value is -2.64. The van der Waals surface area contributed by atoms with E-state index in [4.69, 9.17) is 14.0 Å². The molecule has 170 valence electrons. The molecule has 2 aromatic carbocycles. The lowest BCUT2D eigenvalue weighted by Gasteiger charge is -2.32. The van der Waals surface area contributed by atoms with Crippen molar-refractivity contribution >= 4 is 30.1 Å². The molecule has 1 unspecified atom stereocenters. The second-order valence-electron chi connectivity index (χ2n) is 9.24. The molecule has 0 aromatic heterocycles. The van der Waals surface area contributed by atoms with Gasteiger partial charge in [-0.2, -0.15) is 0 Å². The van der Waals surface area contributed by atoms with Crippen molar-refractivity contribution in [3.05, 3.63) is 59.2 Å². The van der Waals surface area contributed by atoms with Crippen molar-refractivity contribution in [1.29, 1.82) is 0 Å². The summed E-state index contributed by atoms with van der Waals surface area (Å²) in [6.07, 6.45) is -0.205. The standard InChI is InChI=1S/C25H32BNO5/c1-8-18-10-9-11-19(15-18)22(30-17(3)28)23(29)27-20-12-13-21(16(2)14-20)26-31-24(4,5)25(6,7)32-26/h9-15,22H,8H2,1-7H3,(H,27,29). The predicted octanol–water partition coefficient (Wildman–Crippen LogP) is 4.10. The SMILES string of the molecule is CCc1cccc(C(OC(C)=O)C(=O)Nc2ccc(B3OC(C)(C)C(C)(C)O3)c(C)c2)c1. The van der Waals surface area contributed by atoms with Crippen LogP contribution in [-0.4, -0.2) is 30.2 Å². The average Bonchev–Trinajstić information content (AvgIpc) is 2.92. The molecule has 1 fully saturated rings. The normalized spacial score (nSPS) is 17.7. The van der Waals surface area contributed by atoms with Gasteiger partial charge < -0.3 is 19.4 Å². The summed E-state index contributed by atoms with van der Waals surface area (Å²) in [4.78, 5) is 24.7. The highest BCUT2D eigenvalue weighted by Gasteiger charge is 2.52. The lowest BCUT2D eigenvalue weighted by molar-refractivity contribution is -0.152. The molecule has 1 aliphatic heterocycles. The first-order valence-electron chi connectivity index (χ1n) is 11.0. The Morgan fingerprint density at radius 1 is 1.06 bits per heavy atom. The van der Waals surface area contributed by atoms with Gasteiger partial charge in [-0.05, 0) is 69.8 Å². The number of nitrogens with one attached hydrogen (secondary N) is 1. The van der Waals surface area contributed by atoms with E-state index in [9.17, 15) is 9.59 Å². The van der Waals surface area contributed by atoms with Crippen LogP contribution in [0.2, 0.25) is 0 Å². The number of hydrogen-bond donors (Lipinski definition) is 1. The number of ether oxygens (including phenoxy) is 1. The largest absolute Gasteiger partial charge is 0.495 e. The Kier molecular flexibility index (Phi) is 6.81. The maximum absolute atomic E-state index is 13.0. The Morgan fingerprint density at radius 2 is 1.72 bits per heavy atom. The molecule has 1 heterocycles. The molecular weight excluding hydrogens is 405 g/mol. The van der Waals surface area contributed by atoms with E-state index in [0.29, 0.717) is 11.3 Å². The first-order valence-corrected chi connectivity index (χ1v) is 11.0. The van der Waals surface area contributed by atoms with Crippen LogP contribution in [0.4, 0.5) is 5.69 Å². The monoisotopic (exact) mass is 437 g/mol. The van der Waals surface area contributed by atoms with Crippen LogP contribution < -0.4 is 10.8 Å². The molecule has 6 nitrogen and oxygen atoms in total. The predicted molar refractivity (Wildman–Crippen MR) is 126 cm³/mol. The molecule has 1 N–H and O–H groups in total. The minimum absolute atomic E-state index is 0.406. The third kappa shape index (κ3) is 5.05. The molecule has 0 aliphatic carbocycles. The van der Waals surface area contributed by atoms with E-state index in [0.717, 1.165) is 23.0 Å². The molecule has 1 atom stereocenters. The number of esters is 1. The summed E-state index contributed by atoms with van der Waals surface area (Å²) in [5, 5.41) is 2.88. The number of benzene rings is 2. The number of aryl methyl sites for hydroxylation is 2. The van der Waals surface area contributed by atoms with Crippen molar-refractivity contribution in [3.8, 4) is 0 Å². The molecule has 1 saturated heterocycles. The first kappa shape index (κ1) is 24.0. The summed E-state index contributed by atoms with van der Waals surface area (Å²) >= 11 is 0. The molecule has 0 radical (unpaired) electrons. The summed E-state index contributed by atoms with van der Waals surface area (Å²) < 4.78 is 17.7. The number of rotatable bonds is 6.